The van der Waals surface area contributed by atoms with Crippen molar-refractivity contribution in [3.05, 3.63) is 29.8 Å². The van der Waals surface area contributed by atoms with Gasteiger partial charge < -0.3 is 19.4 Å². The first kappa shape index (κ1) is 11.5. The first-order valence-corrected chi connectivity index (χ1v) is 4.30. The standard InChI is InChI=1S/C9H11BO5/c1-14-9(11)6-7-2-4-8(5-3-7)15-10(12)13/h2-5,12-13H,6H2,1H3. The summed E-state index contributed by atoms with van der Waals surface area (Å²) in [4.78, 5) is 10.9. The van der Waals surface area contributed by atoms with E-state index in [4.69, 9.17) is 10.0 Å². The molecule has 0 aliphatic carbocycles. The highest BCUT2D eigenvalue weighted by Gasteiger charge is 2.11. The normalized spacial score (nSPS) is 9.53. The molecule has 1 aromatic rings. The van der Waals surface area contributed by atoms with Gasteiger partial charge in [0.25, 0.3) is 0 Å². The van der Waals surface area contributed by atoms with Crippen LogP contribution in [0.15, 0.2) is 24.3 Å². The lowest BCUT2D eigenvalue weighted by Gasteiger charge is -2.05. The van der Waals surface area contributed by atoms with E-state index >= 15 is 0 Å². The highest BCUT2D eigenvalue weighted by atomic mass is 16.6. The van der Waals surface area contributed by atoms with Gasteiger partial charge in [0.2, 0.25) is 0 Å². The lowest BCUT2D eigenvalue weighted by Crippen LogP contribution is -2.20. The second-order valence-electron chi connectivity index (χ2n) is 2.84. The Hall–Kier alpha value is -1.53. The van der Waals surface area contributed by atoms with Gasteiger partial charge in [0.15, 0.2) is 0 Å². The van der Waals surface area contributed by atoms with E-state index < -0.39 is 7.32 Å². The van der Waals surface area contributed by atoms with E-state index in [9.17, 15) is 4.79 Å². The number of methoxy groups -OCH3 is 1. The predicted molar refractivity (Wildman–Crippen MR) is 53.0 cm³/mol. The average molecular weight is 210 g/mol. The lowest BCUT2D eigenvalue weighted by atomic mass is 10.1. The van der Waals surface area contributed by atoms with Crippen LogP contribution in [0.1, 0.15) is 5.56 Å². The first-order chi connectivity index (χ1) is 7.11. The Morgan fingerprint density at radius 2 is 1.93 bits per heavy atom. The van der Waals surface area contributed by atoms with Crippen molar-refractivity contribution >= 4 is 13.3 Å². The van der Waals surface area contributed by atoms with Gasteiger partial charge in [0, 0.05) is 0 Å². The summed E-state index contributed by atoms with van der Waals surface area (Å²) < 4.78 is 9.09. The highest BCUT2D eigenvalue weighted by Crippen LogP contribution is 2.12. The molecule has 0 aliphatic heterocycles. The molecular weight excluding hydrogens is 199 g/mol. The zero-order valence-corrected chi connectivity index (χ0v) is 8.21. The maximum absolute atomic E-state index is 10.9. The Bertz CT molecular complexity index is 322. The van der Waals surface area contributed by atoms with Gasteiger partial charge in [-0.1, -0.05) is 12.1 Å². The summed E-state index contributed by atoms with van der Waals surface area (Å²) in [5, 5.41) is 17.0. The average Bonchev–Trinajstić information content (AvgIpc) is 2.20. The Morgan fingerprint density at radius 1 is 1.33 bits per heavy atom. The molecule has 0 spiro atoms. The highest BCUT2D eigenvalue weighted by molar-refractivity contribution is 6.33. The molecule has 0 aliphatic rings. The van der Waals surface area contributed by atoms with Crippen molar-refractivity contribution in [3.8, 4) is 5.75 Å². The van der Waals surface area contributed by atoms with Gasteiger partial charge in [-0.2, -0.15) is 0 Å². The van der Waals surface area contributed by atoms with Crippen molar-refractivity contribution in [1.82, 2.24) is 0 Å². The minimum Gasteiger partial charge on any atom is -0.512 e. The summed E-state index contributed by atoms with van der Waals surface area (Å²) in [5.74, 6) is -0.00974. The molecule has 0 bridgehead atoms. The molecule has 2 N–H and O–H groups in total. The van der Waals surface area contributed by atoms with Crippen molar-refractivity contribution in [1.29, 1.82) is 0 Å². The molecule has 6 heteroatoms. The molecule has 0 saturated heterocycles. The Kier molecular flexibility index (Phi) is 4.14. The number of rotatable bonds is 4. The molecule has 1 aromatic carbocycles. The third-order valence-corrected chi connectivity index (χ3v) is 1.74. The van der Waals surface area contributed by atoms with Crippen molar-refractivity contribution < 1.29 is 24.2 Å². The molecule has 0 heterocycles. The first-order valence-electron chi connectivity index (χ1n) is 4.30. The van der Waals surface area contributed by atoms with Crippen LogP contribution in [0, 0.1) is 0 Å². The number of esters is 1. The summed E-state index contributed by atoms with van der Waals surface area (Å²) in [5.41, 5.74) is 0.765. The summed E-state index contributed by atoms with van der Waals surface area (Å²) in [7, 11) is -0.515. The van der Waals surface area contributed by atoms with Crippen LogP contribution in [0.3, 0.4) is 0 Å². The van der Waals surface area contributed by atoms with Crippen LogP contribution in [0.25, 0.3) is 0 Å². The molecule has 0 saturated carbocycles. The largest absolute Gasteiger partial charge is 0.707 e. The van der Waals surface area contributed by atoms with Gasteiger partial charge >= 0.3 is 13.3 Å². The van der Waals surface area contributed by atoms with Crippen LogP contribution in [-0.4, -0.2) is 30.4 Å². The van der Waals surface area contributed by atoms with Gasteiger partial charge in [0.05, 0.1) is 13.5 Å². The second kappa shape index (κ2) is 5.38. The van der Waals surface area contributed by atoms with E-state index in [0.717, 1.165) is 5.56 Å². The van der Waals surface area contributed by atoms with Crippen LogP contribution in [-0.2, 0) is 16.0 Å². The molecule has 0 unspecified atom stereocenters. The minimum atomic E-state index is -1.84. The number of benzene rings is 1. The third-order valence-electron chi connectivity index (χ3n) is 1.74. The van der Waals surface area contributed by atoms with Crippen molar-refractivity contribution in [2.24, 2.45) is 0 Å². The maximum Gasteiger partial charge on any atom is 0.707 e. The molecule has 0 fully saturated rings. The number of ether oxygens (including phenoxy) is 1. The Morgan fingerprint density at radius 3 is 2.40 bits per heavy atom. The molecule has 0 aromatic heterocycles. The topological polar surface area (TPSA) is 76.0 Å². The third kappa shape index (κ3) is 4.01. The van der Waals surface area contributed by atoms with Crippen LogP contribution in [0.4, 0.5) is 0 Å². The van der Waals surface area contributed by atoms with Crippen LogP contribution >= 0.6 is 0 Å². The van der Waals surface area contributed by atoms with E-state index in [1.165, 1.54) is 19.2 Å². The van der Waals surface area contributed by atoms with Crippen LogP contribution in [0.2, 0.25) is 0 Å². The molecule has 80 valence electrons. The molecule has 0 amide bonds. The number of carbonyl (C=O) groups excluding carboxylic acids is 1. The maximum atomic E-state index is 10.9. The van der Waals surface area contributed by atoms with Gasteiger partial charge in [-0.25, -0.2) is 0 Å². The second-order valence-corrected chi connectivity index (χ2v) is 2.84. The molecular formula is C9H11BO5. The fraction of sp³-hybridized carbons (Fsp3) is 0.222. The smallest absolute Gasteiger partial charge is 0.512 e. The quantitative estimate of drug-likeness (QED) is 0.529. The minimum absolute atomic E-state index is 0.179. The van der Waals surface area contributed by atoms with E-state index in [1.54, 1.807) is 12.1 Å². The molecule has 0 atom stereocenters. The Labute approximate surface area is 87.4 Å². The number of hydrogen-bond donors (Lipinski definition) is 2. The predicted octanol–water partition coefficient (Wildman–Crippen LogP) is -0.250. The van der Waals surface area contributed by atoms with Crippen LogP contribution < -0.4 is 4.65 Å². The van der Waals surface area contributed by atoms with Crippen molar-refractivity contribution in [3.63, 3.8) is 0 Å². The zero-order valence-electron chi connectivity index (χ0n) is 8.21. The summed E-state index contributed by atoms with van der Waals surface area (Å²) in [6.45, 7) is 0. The van der Waals surface area contributed by atoms with Crippen LogP contribution in [0.5, 0.6) is 5.75 Å². The zero-order chi connectivity index (χ0) is 11.3. The summed E-state index contributed by atoms with van der Waals surface area (Å²) >= 11 is 0. The molecule has 5 nitrogen and oxygen atoms in total. The number of carbonyl (C=O) groups is 1. The monoisotopic (exact) mass is 210 g/mol. The van der Waals surface area contributed by atoms with Crippen molar-refractivity contribution in [2.45, 2.75) is 6.42 Å². The summed E-state index contributed by atoms with van der Waals surface area (Å²) in [6, 6.07) is 6.37. The fourth-order valence-corrected chi connectivity index (χ4v) is 1.05. The summed E-state index contributed by atoms with van der Waals surface area (Å²) in [6.07, 6.45) is 0.179. The molecule has 0 radical (unpaired) electrons. The van der Waals surface area contributed by atoms with Crippen molar-refractivity contribution in [2.75, 3.05) is 7.11 Å². The van der Waals surface area contributed by atoms with E-state index in [1.807, 2.05) is 0 Å². The fourth-order valence-electron chi connectivity index (χ4n) is 1.05. The van der Waals surface area contributed by atoms with Gasteiger partial charge in [-0.05, 0) is 17.7 Å². The van der Waals surface area contributed by atoms with Gasteiger partial charge in [-0.3, -0.25) is 4.79 Å². The SMILES string of the molecule is COC(=O)Cc1ccc(OB(O)O)cc1. The Balaban J connectivity index is 2.60. The lowest BCUT2D eigenvalue weighted by molar-refractivity contribution is -0.139. The van der Waals surface area contributed by atoms with E-state index in [2.05, 4.69) is 9.39 Å². The van der Waals surface area contributed by atoms with Gasteiger partial charge in [0.1, 0.15) is 5.75 Å². The van der Waals surface area contributed by atoms with E-state index in [0.29, 0.717) is 5.75 Å². The number of hydrogen-bond acceptors (Lipinski definition) is 5. The molecule has 1 rings (SSSR count). The molecule has 15 heavy (non-hydrogen) atoms. The van der Waals surface area contributed by atoms with E-state index in [-0.39, 0.29) is 12.4 Å². The van der Waals surface area contributed by atoms with Gasteiger partial charge in [-0.15, -0.1) is 0 Å².